The second-order valence-electron chi connectivity index (χ2n) is 6.91. The maximum atomic E-state index is 11.9. The quantitative estimate of drug-likeness (QED) is 0.213. The molecule has 1 rings (SSSR count). The van der Waals surface area contributed by atoms with Crippen molar-refractivity contribution in [1.29, 1.82) is 0 Å². The maximum Gasteiger partial charge on any atom is 0.317 e. The predicted octanol–water partition coefficient (Wildman–Crippen LogP) is 4.64. The van der Waals surface area contributed by atoms with Crippen LogP contribution in [-0.4, -0.2) is 23.0 Å². The molecule has 1 heterocycles. The summed E-state index contributed by atoms with van der Waals surface area (Å²) in [6.07, 6.45) is 14.7. The molecule has 2 unspecified atom stereocenters. The molecular weight excluding hydrogens is 320 g/mol. The summed E-state index contributed by atoms with van der Waals surface area (Å²) in [4.78, 5) is 33.8. The first kappa shape index (κ1) is 21.4. The Morgan fingerprint density at radius 1 is 1.16 bits per heavy atom. The SMILES string of the molecule is CCCCCCCCCC(C/C=C/CCC(=O)O)C1CC(=O)OC1=O. The first-order chi connectivity index (χ1) is 12.0. The van der Waals surface area contributed by atoms with E-state index in [2.05, 4.69) is 6.92 Å². The molecule has 0 aliphatic carbocycles. The summed E-state index contributed by atoms with van der Waals surface area (Å²) in [5, 5.41) is 8.65. The zero-order valence-corrected chi connectivity index (χ0v) is 15.4. The Bertz CT molecular complexity index is 455. The molecule has 0 spiro atoms. The third-order valence-electron chi connectivity index (χ3n) is 4.78. The molecule has 1 aliphatic heterocycles. The Morgan fingerprint density at radius 2 is 1.84 bits per heavy atom. The lowest BCUT2D eigenvalue weighted by atomic mass is 9.84. The van der Waals surface area contributed by atoms with Gasteiger partial charge in [-0.3, -0.25) is 14.4 Å². The van der Waals surface area contributed by atoms with Crippen LogP contribution in [0.25, 0.3) is 0 Å². The molecular formula is C20H32O5. The van der Waals surface area contributed by atoms with E-state index in [-0.39, 0.29) is 24.7 Å². The summed E-state index contributed by atoms with van der Waals surface area (Å²) in [5.41, 5.74) is 0. The van der Waals surface area contributed by atoms with E-state index >= 15 is 0 Å². The lowest BCUT2D eigenvalue weighted by molar-refractivity contribution is -0.153. The van der Waals surface area contributed by atoms with Crippen molar-refractivity contribution in [2.24, 2.45) is 11.8 Å². The first-order valence-electron chi connectivity index (χ1n) is 9.66. The molecule has 0 aromatic heterocycles. The Kier molecular flexibility index (Phi) is 10.8. The van der Waals surface area contributed by atoms with E-state index in [9.17, 15) is 14.4 Å². The van der Waals surface area contributed by atoms with E-state index < -0.39 is 17.9 Å². The molecule has 25 heavy (non-hydrogen) atoms. The van der Waals surface area contributed by atoms with Crippen LogP contribution < -0.4 is 0 Å². The third-order valence-corrected chi connectivity index (χ3v) is 4.78. The van der Waals surface area contributed by atoms with Crippen LogP contribution in [-0.2, 0) is 19.1 Å². The number of allylic oxidation sites excluding steroid dienone is 2. The van der Waals surface area contributed by atoms with Gasteiger partial charge < -0.3 is 9.84 Å². The van der Waals surface area contributed by atoms with Gasteiger partial charge in [-0.2, -0.15) is 0 Å². The number of unbranched alkanes of at least 4 members (excludes halogenated alkanes) is 6. The molecule has 142 valence electrons. The number of carbonyl (C=O) groups is 3. The van der Waals surface area contributed by atoms with Crippen molar-refractivity contribution in [2.75, 3.05) is 0 Å². The smallest absolute Gasteiger partial charge is 0.317 e. The first-order valence-corrected chi connectivity index (χ1v) is 9.66. The Labute approximate surface area is 150 Å². The fraction of sp³-hybridized carbons (Fsp3) is 0.750. The highest BCUT2D eigenvalue weighted by atomic mass is 16.6. The summed E-state index contributed by atoms with van der Waals surface area (Å²) in [6, 6.07) is 0. The molecule has 1 N–H and O–H groups in total. The predicted molar refractivity (Wildman–Crippen MR) is 95.9 cm³/mol. The molecule has 1 fully saturated rings. The van der Waals surface area contributed by atoms with Crippen LogP contribution in [0.1, 0.15) is 84.0 Å². The second-order valence-corrected chi connectivity index (χ2v) is 6.91. The number of esters is 2. The second kappa shape index (κ2) is 12.7. The zero-order valence-electron chi connectivity index (χ0n) is 15.4. The fourth-order valence-corrected chi connectivity index (χ4v) is 3.29. The molecule has 0 saturated carbocycles. The van der Waals surface area contributed by atoms with E-state index in [0.717, 1.165) is 19.3 Å². The van der Waals surface area contributed by atoms with Gasteiger partial charge in [0.05, 0.1) is 12.3 Å². The highest BCUT2D eigenvalue weighted by Crippen LogP contribution is 2.31. The molecule has 1 aliphatic rings. The standard InChI is InChI=1S/C20H32O5/c1-2-3-4-5-6-7-9-12-16(13-10-8-11-14-18(21)22)17-15-19(23)25-20(17)24/h8,10,16-17H,2-7,9,11-15H2,1H3,(H,21,22)/b10-8+. The Hall–Kier alpha value is -1.65. The van der Waals surface area contributed by atoms with Crippen molar-refractivity contribution in [2.45, 2.75) is 84.0 Å². The topological polar surface area (TPSA) is 80.7 Å². The zero-order chi connectivity index (χ0) is 18.5. The molecule has 5 nitrogen and oxygen atoms in total. The molecule has 5 heteroatoms. The maximum absolute atomic E-state index is 11.9. The van der Waals surface area contributed by atoms with Crippen molar-refractivity contribution in [3.8, 4) is 0 Å². The third kappa shape index (κ3) is 9.42. The minimum atomic E-state index is -0.811. The number of carbonyl (C=O) groups excluding carboxylic acids is 2. The van der Waals surface area contributed by atoms with Gasteiger partial charge in [0.25, 0.3) is 0 Å². The number of cyclic esters (lactones) is 2. The van der Waals surface area contributed by atoms with Crippen LogP contribution in [0.3, 0.4) is 0 Å². The van der Waals surface area contributed by atoms with Crippen LogP contribution in [0.5, 0.6) is 0 Å². The molecule has 0 amide bonds. The van der Waals surface area contributed by atoms with E-state index in [1.807, 2.05) is 12.2 Å². The monoisotopic (exact) mass is 352 g/mol. The number of hydrogen-bond acceptors (Lipinski definition) is 4. The van der Waals surface area contributed by atoms with E-state index in [1.54, 1.807) is 0 Å². The lowest BCUT2D eigenvalue weighted by Gasteiger charge is -2.18. The van der Waals surface area contributed by atoms with Gasteiger partial charge in [-0.15, -0.1) is 0 Å². The summed E-state index contributed by atoms with van der Waals surface area (Å²) in [6.45, 7) is 2.20. The molecule has 1 saturated heterocycles. The van der Waals surface area contributed by atoms with Crippen LogP contribution in [0.15, 0.2) is 12.2 Å². The fourth-order valence-electron chi connectivity index (χ4n) is 3.29. The van der Waals surface area contributed by atoms with Gasteiger partial charge >= 0.3 is 17.9 Å². The van der Waals surface area contributed by atoms with Gasteiger partial charge in [0.15, 0.2) is 0 Å². The number of hydrogen-bond donors (Lipinski definition) is 1. The molecule has 0 bridgehead atoms. The number of carboxylic acid groups (broad SMARTS) is 1. The minimum Gasteiger partial charge on any atom is -0.481 e. The van der Waals surface area contributed by atoms with Gasteiger partial charge in [-0.05, 0) is 25.2 Å². The number of rotatable bonds is 14. The summed E-state index contributed by atoms with van der Waals surface area (Å²) in [7, 11) is 0. The number of aliphatic carboxylic acids is 1. The summed E-state index contributed by atoms with van der Waals surface area (Å²) >= 11 is 0. The van der Waals surface area contributed by atoms with Crippen LogP contribution in [0.2, 0.25) is 0 Å². The molecule has 0 radical (unpaired) electrons. The number of ether oxygens (including phenoxy) is 1. The van der Waals surface area contributed by atoms with Gasteiger partial charge in [0, 0.05) is 6.42 Å². The number of carboxylic acids is 1. The van der Waals surface area contributed by atoms with E-state index in [4.69, 9.17) is 9.84 Å². The van der Waals surface area contributed by atoms with Crippen molar-refractivity contribution >= 4 is 17.9 Å². The van der Waals surface area contributed by atoms with E-state index in [0.29, 0.717) is 12.8 Å². The largest absolute Gasteiger partial charge is 0.481 e. The van der Waals surface area contributed by atoms with Crippen molar-refractivity contribution in [3.05, 3.63) is 12.2 Å². The molecule has 2 atom stereocenters. The van der Waals surface area contributed by atoms with Crippen LogP contribution in [0.4, 0.5) is 0 Å². The van der Waals surface area contributed by atoms with Gasteiger partial charge in [-0.25, -0.2) is 0 Å². The average Bonchev–Trinajstić information content (AvgIpc) is 2.89. The van der Waals surface area contributed by atoms with Gasteiger partial charge in [-0.1, -0.05) is 64.0 Å². The van der Waals surface area contributed by atoms with Crippen molar-refractivity contribution in [1.82, 2.24) is 0 Å². The van der Waals surface area contributed by atoms with Gasteiger partial charge in [0.2, 0.25) is 0 Å². The molecule has 0 aromatic carbocycles. The van der Waals surface area contributed by atoms with Crippen molar-refractivity contribution < 1.29 is 24.2 Å². The van der Waals surface area contributed by atoms with Crippen molar-refractivity contribution in [3.63, 3.8) is 0 Å². The van der Waals surface area contributed by atoms with Gasteiger partial charge in [0.1, 0.15) is 0 Å². The average molecular weight is 352 g/mol. The summed E-state index contributed by atoms with van der Waals surface area (Å²) in [5.74, 6) is -1.85. The summed E-state index contributed by atoms with van der Waals surface area (Å²) < 4.78 is 4.71. The molecule has 0 aromatic rings. The van der Waals surface area contributed by atoms with Crippen LogP contribution >= 0.6 is 0 Å². The Morgan fingerprint density at radius 3 is 2.44 bits per heavy atom. The highest BCUT2D eigenvalue weighted by Gasteiger charge is 2.38. The van der Waals surface area contributed by atoms with Crippen LogP contribution in [0, 0.1) is 11.8 Å². The minimum absolute atomic E-state index is 0.107. The highest BCUT2D eigenvalue weighted by molar-refractivity contribution is 5.94. The normalized spacial score (nSPS) is 18.7. The lowest BCUT2D eigenvalue weighted by Crippen LogP contribution is -2.19. The Balaban J connectivity index is 2.38. The van der Waals surface area contributed by atoms with E-state index in [1.165, 1.54) is 32.1 Å².